The number of aromatic amines is 1. The summed E-state index contributed by atoms with van der Waals surface area (Å²) in [5.74, 6) is -0.611. The van der Waals surface area contributed by atoms with Gasteiger partial charge in [-0.1, -0.05) is 13.8 Å². The molecular weight excluding hydrogens is 328 g/mol. The topological polar surface area (TPSA) is 83.8 Å². The summed E-state index contributed by atoms with van der Waals surface area (Å²) in [6.45, 7) is 10.8. The molecule has 3 aromatic heterocycles. The lowest BCUT2D eigenvalue weighted by Gasteiger charge is -2.23. The molecule has 3 rings (SSSR count). The van der Waals surface area contributed by atoms with E-state index in [-0.39, 0.29) is 11.1 Å². The van der Waals surface area contributed by atoms with Crippen molar-refractivity contribution in [3.63, 3.8) is 0 Å². The molecule has 0 aliphatic heterocycles. The molecule has 136 valence electrons. The van der Waals surface area contributed by atoms with Gasteiger partial charge in [0.2, 0.25) is 0 Å². The van der Waals surface area contributed by atoms with E-state index in [1.807, 2.05) is 12.1 Å². The number of nitrogens with one attached hydrogen (secondary N) is 1. The molecule has 0 fully saturated rings. The van der Waals surface area contributed by atoms with Crippen LogP contribution in [0.3, 0.4) is 0 Å². The van der Waals surface area contributed by atoms with Crippen LogP contribution in [0.15, 0.2) is 36.5 Å². The number of pyridine rings is 1. The number of hydrogen-bond donors (Lipinski definition) is 2. The van der Waals surface area contributed by atoms with Gasteiger partial charge in [0.05, 0.1) is 28.2 Å². The van der Waals surface area contributed by atoms with Gasteiger partial charge in [-0.2, -0.15) is 5.10 Å². The third kappa shape index (κ3) is 3.40. The molecule has 0 unspecified atom stereocenters. The second-order valence-electron chi connectivity index (χ2n) is 7.71. The Kier molecular flexibility index (Phi) is 4.44. The fourth-order valence-corrected chi connectivity index (χ4v) is 2.85. The van der Waals surface area contributed by atoms with E-state index >= 15 is 0 Å². The minimum Gasteiger partial charge on any atom is -0.478 e. The van der Waals surface area contributed by atoms with Gasteiger partial charge in [0.25, 0.3) is 0 Å². The van der Waals surface area contributed by atoms with Gasteiger partial charge in [0.15, 0.2) is 0 Å². The zero-order chi connectivity index (χ0) is 19.1. The second kappa shape index (κ2) is 6.44. The highest BCUT2D eigenvalue weighted by Gasteiger charge is 2.22. The average Bonchev–Trinajstić information content (AvgIpc) is 3.21. The molecule has 0 aliphatic carbocycles. The summed E-state index contributed by atoms with van der Waals surface area (Å²) < 4.78 is 2.08. The van der Waals surface area contributed by atoms with Gasteiger partial charge >= 0.3 is 5.97 Å². The van der Waals surface area contributed by atoms with Crippen LogP contribution in [0.1, 0.15) is 56.6 Å². The van der Waals surface area contributed by atoms with E-state index in [1.165, 1.54) is 11.9 Å². The van der Waals surface area contributed by atoms with Crippen molar-refractivity contribution in [2.45, 2.75) is 46.1 Å². The molecule has 0 spiro atoms. The van der Waals surface area contributed by atoms with Crippen LogP contribution in [0.25, 0.3) is 22.8 Å². The Morgan fingerprint density at radius 3 is 2.23 bits per heavy atom. The molecule has 3 heterocycles. The van der Waals surface area contributed by atoms with Crippen molar-refractivity contribution in [2.75, 3.05) is 0 Å². The summed E-state index contributed by atoms with van der Waals surface area (Å²) >= 11 is 0. The summed E-state index contributed by atoms with van der Waals surface area (Å²) in [5.41, 5.74) is 4.58. The van der Waals surface area contributed by atoms with Crippen LogP contribution in [0, 0.1) is 0 Å². The molecule has 0 aromatic carbocycles. The average molecular weight is 352 g/mol. The minimum absolute atomic E-state index is 0.0957. The maximum absolute atomic E-state index is 10.9. The Morgan fingerprint density at radius 2 is 1.77 bits per heavy atom. The third-order valence-corrected chi connectivity index (χ3v) is 4.21. The van der Waals surface area contributed by atoms with Crippen molar-refractivity contribution < 1.29 is 9.90 Å². The first-order valence-electron chi connectivity index (χ1n) is 8.66. The normalized spacial score (nSPS) is 11.9. The van der Waals surface area contributed by atoms with Gasteiger partial charge in [-0.25, -0.2) is 4.79 Å². The molecule has 0 aliphatic rings. The van der Waals surface area contributed by atoms with Crippen molar-refractivity contribution in [3.8, 4) is 22.8 Å². The first kappa shape index (κ1) is 17.9. The minimum atomic E-state index is -0.981. The fourth-order valence-electron chi connectivity index (χ4n) is 2.85. The lowest BCUT2D eigenvalue weighted by molar-refractivity contribution is 0.0696. The van der Waals surface area contributed by atoms with E-state index in [0.29, 0.717) is 11.6 Å². The first-order chi connectivity index (χ1) is 12.2. The molecule has 6 nitrogen and oxygen atoms in total. The van der Waals surface area contributed by atoms with Crippen LogP contribution < -0.4 is 0 Å². The molecule has 2 N–H and O–H groups in total. The summed E-state index contributed by atoms with van der Waals surface area (Å²) in [6.07, 6.45) is 1.36. The predicted octanol–water partition coefficient (Wildman–Crippen LogP) is 4.52. The summed E-state index contributed by atoms with van der Waals surface area (Å²) in [4.78, 5) is 18.5. The van der Waals surface area contributed by atoms with Crippen LogP contribution in [0.4, 0.5) is 0 Å². The summed E-state index contributed by atoms with van der Waals surface area (Å²) in [6, 6.07) is 9.28. The third-order valence-electron chi connectivity index (χ3n) is 4.21. The molecule has 0 bridgehead atoms. The maximum atomic E-state index is 10.9. The van der Waals surface area contributed by atoms with E-state index in [1.54, 1.807) is 12.1 Å². The fraction of sp³-hybridized carbons (Fsp3) is 0.350. The molecule has 0 saturated carbocycles. The zero-order valence-electron chi connectivity index (χ0n) is 15.7. The molecule has 26 heavy (non-hydrogen) atoms. The molecular formula is C20H24N4O2. The van der Waals surface area contributed by atoms with Crippen molar-refractivity contribution in [1.82, 2.24) is 19.7 Å². The number of H-pyrrole nitrogens is 1. The highest BCUT2D eigenvalue weighted by Crippen LogP contribution is 2.29. The van der Waals surface area contributed by atoms with Gasteiger partial charge in [0, 0.05) is 11.9 Å². The first-order valence-corrected chi connectivity index (χ1v) is 8.66. The van der Waals surface area contributed by atoms with Crippen LogP contribution in [-0.4, -0.2) is 30.8 Å². The van der Waals surface area contributed by atoms with E-state index < -0.39 is 5.97 Å². The largest absolute Gasteiger partial charge is 0.478 e. The van der Waals surface area contributed by atoms with E-state index in [2.05, 4.69) is 55.3 Å². The molecule has 6 heteroatoms. The number of hydrogen-bond acceptors (Lipinski definition) is 3. The number of nitrogens with zero attached hydrogens (tertiary/aromatic N) is 3. The smallest absolute Gasteiger partial charge is 0.337 e. The SMILES string of the molecule is CC(C)c1cc(-c2ccc(-c3ccc(C(=O)O)cn3)[nH]2)nn1C(C)(C)C. The molecule has 0 radical (unpaired) electrons. The highest BCUT2D eigenvalue weighted by molar-refractivity contribution is 5.87. The monoisotopic (exact) mass is 352 g/mol. The Morgan fingerprint density at radius 1 is 1.12 bits per heavy atom. The number of carboxylic acid groups (broad SMARTS) is 1. The Balaban J connectivity index is 1.96. The second-order valence-corrected chi connectivity index (χ2v) is 7.71. The van der Waals surface area contributed by atoms with Gasteiger partial charge in [-0.05, 0) is 57.0 Å². The maximum Gasteiger partial charge on any atom is 0.337 e. The van der Waals surface area contributed by atoms with Crippen LogP contribution in [0.2, 0.25) is 0 Å². The Hall–Kier alpha value is -2.89. The number of carbonyl (C=O) groups is 1. The molecule has 3 aromatic rings. The highest BCUT2D eigenvalue weighted by atomic mass is 16.4. The Labute approximate surface area is 152 Å². The van der Waals surface area contributed by atoms with Crippen LogP contribution >= 0.6 is 0 Å². The van der Waals surface area contributed by atoms with Crippen molar-refractivity contribution in [2.24, 2.45) is 0 Å². The van der Waals surface area contributed by atoms with E-state index in [4.69, 9.17) is 10.2 Å². The van der Waals surface area contributed by atoms with Gasteiger partial charge in [-0.15, -0.1) is 0 Å². The number of aromatic nitrogens is 4. The number of aromatic carboxylic acids is 1. The quantitative estimate of drug-likeness (QED) is 0.723. The molecule has 0 amide bonds. The lowest BCUT2D eigenvalue weighted by atomic mass is 10.1. The Bertz CT molecular complexity index is 928. The summed E-state index contributed by atoms with van der Waals surface area (Å²) in [7, 11) is 0. The van der Waals surface area contributed by atoms with E-state index in [9.17, 15) is 4.79 Å². The van der Waals surface area contributed by atoms with Crippen molar-refractivity contribution >= 4 is 5.97 Å². The van der Waals surface area contributed by atoms with Crippen LogP contribution in [-0.2, 0) is 5.54 Å². The standard InChI is InChI=1S/C20H24N4O2/c1-12(2)18-10-17(23-24(18)20(3,4)5)16-9-8-15(22-16)14-7-6-13(11-21-14)19(25)26/h6-12,22H,1-5H3,(H,25,26). The van der Waals surface area contributed by atoms with Crippen LogP contribution in [0.5, 0.6) is 0 Å². The number of rotatable bonds is 4. The molecule has 0 atom stereocenters. The molecule has 0 saturated heterocycles. The predicted molar refractivity (Wildman–Crippen MR) is 101 cm³/mol. The lowest BCUT2D eigenvalue weighted by Crippen LogP contribution is -2.25. The van der Waals surface area contributed by atoms with Gasteiger partial charge in [-0.3, -0.25) is 9.67 Å². The van der Waals surface area contributed by atoms with Crippen molar-refractivity contribution in [3.05, 3.63) is 47.8 Å². The number of carboxylic acids is 1. The zero-order valence-corrected chi connectivity index (χ0v) is 15.7. The van der Waals surface area contributed by atoms with Crippen molar-refractivity contribution in [1.29, 1.82) is 0 Å². The van der Waals surface area contributed by atoms with E-state index in [0.717, 1.165) is 17.1 Å². The summed E-state index contributed by atoms with van der Waals surface area (Å²) in [5, 5.41) is 13.8. The van der Waals surface area contributed by atoms with Gasteiger partial charge < -0.3 is 10.1 Å². The van der Waals surface area contributed by atoms with Gasteiger partial charge in [0.1, 0.15) is 5.69 Å².